The Morgan fingerprint density at radius 1 is 1.10 bits per heavy atom. The van der Waals surface area contributed by atoms with Crippen molar-refractivity contribution in [1.29, 1.82) is 0 Å². The molecule has 5 heteroatoms. The van der Waals surface area contributed by atoms with Gasteiger partial charge >= 0.3 is 6.61 Å². The molecule has 0 aromatic heterocycles. The molecule has 21 heavy (non-hydrogen) atoms. The molecule has 0 bridgehead atoms. The Labute approximate surface area is 124 Å². The number of aliphatic hydroxyl groups is 1. The van der Waals surface area contributed by atoms with E-state index in [4.69, 9.17) is 4.74 Å². The molecule has 1 aromatic carbocycles. The van der Waals surface area contributed by atoms with Crippen LogP contribution in [0.4, 0.5) is 8.78 Å². The summed E-state index contributed by atoms with van der Waals surface area (Å²) in [6.45, 7) is 3.38. The fraction of sp³-hybridized carbons (Fsp3) is 0.625. The standard InChI is InChI=1S/C16H24F2O3/c1-4-11(5-2)9-13(19)12-7-8-14(21-16(17)18)15(10-12)20-6-3/h7-8,10-11,13,16,19H,4-6,9H2,1-3H3. The Balaban J connectivity index is 2.90. The molecule has 0 saturated carbocycles. The van der Waals surface area contributed by atoms with E-state index in [9.17, 15) is 13.9 Å². The molecule has 1 unspecified atom stereocenters. The average Bonchev–Trinajstić information content (AvgIpc) is 2.46. The molecule has 0 radical (unpaired) electrons. The Kier molecular flexibility index (Phi) is 7.43. The number of rotatable bonds is 9. The zero-order chi connectivity index (χ0) is 15.8. The molecule has 0 heterocycles. The van der Waals surface area contributed by atoms with Gasteiger partial charge in [-0.15, -0.1) is 0 Å². The van der Waals surface area contributed by atoms with Crippen LogP contribution in [-0.2, 0) is 0 Å². The lowest BCUT2D eigenvalue weighted by Gasteiger charge is -2.19. The minimum absolute atomic E-state index is 0.00895. The van der Waals surface area contributed by atoms with E-state index >= 15 is 0 Å². The van der Waals surface area contributed by atoms with Gasteiger partial charge in [0.1, 0.15) is 0 Å². The minimum Gasteiger partial charge on any atom is -0.490 e. The Morgan fingerprint density at radius 2 is 1.76 bits per heavy atom. The molecule has 0 aliphatic heterocycles. The first-order valence-corrected chi connectivity index (χ1v) is 7.41. The van der Waals surface area contributed by atoms with Gasteiger partial charge in [0, 0.05) is 0 Å². The van der Waals surface area contributed by atoms with E-state index in [0.717, 1.165) is 12.8 Å². The highest BCUT2D eigenvalue weighted by Crippen LogP contribution is 2.34. The van der Waals surface area contributed by atoms with Crippen LogP contribution in [0.5, 0.6) is 11.5 Å². The van der Waals surface area contributed by atoms with Gasteiger partial charge in [0.2, 0.25) is 0 Å². The highest BCUT2D eigenvalue weighted by Gasteiger charge is 2.17. The summed E-state index contributed by atoms with van der Waals surface area (Å²) in [4.78, 5) is 0. The van der Waals surface area contributed by atoms with Gasteiger partial charge < -0.3 is 14.6 Å². The average molecular weight is 302 g/mol. The number of halogens is 2. The zero-order valence-corrected chi connectivity index (χ0v) is 12.8. The topological polar surface area (TPSA) is 38.7 Å². The maximum atomic E-state index is 12.3. The van der Waals surface area contributed by atoms with Crippen LogP contribution < -0.4 is 9.47 Å². The highest BCUT2D eigenvalue weighted by atomic mass is 19.3. The first-order valence-electron chi connectivity index (χ1n) is 7.41. The normalized spacial score (nSPS) is 12.8. The third-order valence-corrected chi connectivity index (χ3v) is 3.58. The molecule has 1 aromatic rings. The van der Waals surface area contributed by atoms with Crippen LogP contribution in [0.25, 0.3) is 0 Å². The number of alkyl halides is 2. The summed E-state index contributed by atoms with van der Waals surface area (Å²) >= 11 is 0. The number of aliphatic hydroxyl groups excluding tert-OH is 1. The summed E-state index contributed by atoms with van der Waals surface area (Å²) < 4.78 is 34.4. The second kappa shape index (κ2) is 8.82. The largest absolute Gasteiger partial charge is 0.490 e. The van der Waals surface area contributed by atoms with Crippen LogP contribution in [-0.4, -0.2) is 18.3 Å². The van der Waals surface area contributed by atoms with Crippen molar-refractivity contribution >= 4 is 0 Å². The van der Waals surface area contributed by atoms with Gasteiger partial charge in [0.15, 0.2) is 11.5 Å². The van der Waals surface area contributed by atoms with Crippen LogP contribution in [0.15, 0.2) is 18.2 Å². The van der Waals surface area contributed by atoms with Crippen molar-refractivity contribution in [3.05, 3.63) is 23.8 Å². The number of benzene rings is 1. The molecule has 0 aliphatic rings. The van der Waals surface area contributed by atoms with Gasteiger partial charge in [-0.2, -0.15) is 8.78 Å². The van der Waals surface area contributed by atoms with Crippen molar-refractivity contribution in [3.63, 3.8) is 0 Å². The van der Waals surface area contributed by atoms with Gasteiger partial charge in [0.05, 0.1) is 12.7 Å². The van der Waals surface area contributed by atoms with Gasteiger partial charge in [-0.05, 0) is 37.0 Å². The molecule has 1 atom stereocenters. The molecule has 0 aliphatic carbocycles. The van der Waals surface area contributed by atoms with Crippen LogP contribution in [0.2, 0.25) is 0 Å². The van der Waals surface area contributed by atoms with Gasteiger partial charge in [-0.3, -0.25) is 0 Å². The van der Waals surface area contributed by atoms with Crippen molar-refractivity contribution < 1.29 is 23.4 Å². The number of ether oxygens (including phenoxy) is 2. The first-order chi connectivity index (χ1) is 10.0. The van der Waals surface area contributed by atoms with Crippen molar-refractivity contribution in [3.8, 4) is 11.5 Å². The quantitative estimate of drug-likeness (QED) is 0.727. The van der Waals surface area contributed by atoms with E-state index in [-0.39, 0.29) is 11.5 Å². The smallest absolute Gasteiger partial charge is 0.387 e. The molecule has 0 amide bonds. The maximum Gasteiger partial charge on any atom is 0.387 e. The van der Waals surface area contributed by atoms with E-state index in [1.807, 2.05) is 0 Å². The van der Waals surface area contributed by atoms with Crippen LogP contribution in [0.3, 0.4) is 0 Å². The summed E-state index contributed by atoms with van der Waals surface area (Å²) in [5.41, 5.74) is 0.659. The predicted octanol–water partition coefficient (Wildman–Crippen LogP) is 4.55. The fourth-order valence-electron chi connectivity index (χ4n) is 2.27. The lowest BCUT2D eigenvalue weighted by Crippen LogP contribution is -2.08. The van der Waals surface area contributed by atoms with Crippen molar-refractivity contribution in [1.82, 2.24) is 0 Å². The van der Waals surface area contributed by atoms with Gasteiger partial charge in [-0.25, -0.2) is 0 Å². The maximum absolute atomic E-state index is 12.3. The summed E-state index contributed by atoms with van der Waals surface area (Å²) in [5, 5.41) is 10.3. The molecule has 0 spiro atoms. The molecule has 120 valence electrons. The number of hydrogen-bond donors (Lipinski definition) is 1. The Hall–Kier alpha value is -1.36. The third kappa shape index (κ3) is 5.50. The molecule has 3 nitrogen and oxygen atoms in total. The second-order valence-electron chi connectivity index (χ2n) is 4.95. The summed E-state index contributed by atoms with van der Waals surface area (Å²) in [6.07, 6.45) is 2.01. The van der Waals surface area contributed by atoms with E-state index < -0.39 is 12.7 Å². The zero-order valence-electron chi connectivity index (χ0n) is 12.8. The number of hydrogen-bond acceptors (Lipinski definition) is 3. The van der Waals surface area contributed by atoms with Crippen LogP contribution >= 0.6 is 0 Å². The van der Waals surface area contributed by atoms with Crippen LogP contribution in [0.1, 0.15) is 51.7 Å². The summed E-state index contributed by atoms with van der Waals surface area (Å²) in [5.74, 6) is 0.664. The molecule has 0 saturated heterocycles. The first kappa shape index (κ1) is 17.7. The van der Waals surface area contributed by atoms with Crippen LogP contribution in [0, 0.1) is 5.92 Å². The monoisotopic (exact) mass is 302 g/mol. The Bertz CT molecular complexity index is 420. The summed E-state index contributed by atoms with van der Waals surface area (Å²) in [6, 6.07) is 4.60. The lowest BCUT2D eigenvalue weighted by atomic mass is 9.93. The second-order valence-corrected chi connectivity index (χ2v) is 4.95. The predicted molar refractivity (Wildman–Crippen MR) is 77.9 cm³/mol. The van der Waals surface area contributed by atoms with E-state index in [0.29, 0.717) is 24.5 Å². The van der Waals surface area contributed by atoms with Gasteiger partial charge in [0.25, 0.3) is 0 Å². The molecular formula is C16H24F2O3. The van der Waals surface area contributed by atoms with Crippen molar-refractivity contribution in [2.24, 2.45) is 5.92 Å². The molecule has 1 rings (SSSR count). The van der Waals surface area contributed by atoms with E-state index in [1.165, 1.54) is 6.07 Å². The van der Waals surface area contributed by atoms with Crippen molar-refractivity contribution in [2.75, 3.05) is 6.61 Å². The molecule has 1 N–H and O–H groups in total. The molecular weight excluding hydrogens is 278 g/mol. The SMILES string of the molecule is CCOc1cc(C(O)CC(CC)CC)ccc1OC(F)F. The molecule has 0 fully saturated rings. The van der Waals surface area contributed by atoms with Gasteiger partial charge in [-0.1, -0.05) is 32.8 Å². The Morgan fingerprint density at radius 3 is 2.29 bits per heavy atom. The lowest BCUT2D eigenvalue weighted by molar-refractivity contribution is -0.0514. The highest BCUT2D eigenvalue weighted by molar-refractivity contribution is 5.43. The summed E-state index contributed by atoms with van der Waals surface area (Å²) in [7, 11) is 0. The minimum atomic E-state index is -2.90. The van der Waals surface area contributed by atoms with E-state index in [2.05, 4.69) is 18.6 Å². The van der Waals surface area contributed by atoms with E-state index in [1.54, 1.807) is 19.1 Å². The van der Waals surface area contributed by atoms with Crippen molar-refractivity contribution in [2.45, 2.75) is 52.7 Å². The third-order valence-electron chi connectivity index (χ3n) is 3.58. The fourth-order valence-corrected chi connectivity index (χ4v) is 2.27.